The van der Waals surface area contributed by atoms with Gasteiger partial charge in [0.15, 0.2) is 0 Å². The highest BCUT2D eigenvalue weighted by Crippen LogP contribution is 2.25. The second kappa shape index (κ2) is 7.18. The molecular weight excluding hydrogens is 325 g/mol. The summed E-state index contributed by atoms with van der Waals surface area (Å²) < 4.78 is 15.7. The van der Waals surface area contributed by atoms with Crippen LogP contribution in [-0.4, -0.2) is 63.1 Å². The van der Waals surface area contributed by atoms with Gasteiger partial charge in [0.2, 0.25) is 0 Å². The second-order valence-corrected chi connectivity index (χ2v) is 6.52. The molecule has 0 saturated carbocycles. The standard InChI is InChI=1S/C17H22FN5O2/c1-21(14-3-4-19-16(6-14)17(24)25)11-15-5-13(18)10-23(15)9-12-7-20-22(2)8-12/h3-4,6-8,13,15H,5,9-11H2,1-2H3,(H,24,25)/t13-,15-/m0/s1. The fourth-order valence-electron chi connectivity index (χ4n) is 3.29. The third-order valence-corrected chi connectivity index (χ3v) is 4.51. The molecule has 1 saturated heterocycles. The summed E-state index contributed by atoms with van der Waals surface area (Å²) in [5.41, 5.74) is 1.82. The number of hydrogen-bond donors (Lipinski definition) is 1. The molecule has 0 unspecified atom stereocenters. The molecule has 3 heterocycles. The molecule has 134 valence electrons. The number of likely N-dealkylation sites (N-methyl/N-ethyl adjacent to an activating group) is 1. The molecule has 0 aliphatic carbocycles. The van der Waals surface area contributed by atoms with Crippen molar-refractivity contribution in [2.75, 3.05) is 25.0 Å². The maximum Gasteiger partial charge on any atom is 0.354 e. The van der Waals surface area contributed by atoms with E-state index in [4.69, 9.17) is 5.11 Å². The minimum absolute atomic E-state index is 0.00589. The SMILES string of the molecule is CN(C[C@@H]1C[C@H](F)CN1Cc1cnn(C)c1)c1ccnc(C(=O)O)c1. The maximum absolute atomic E-state index is 14.0. The van der Waals surface area contributed by atoms with Crippen LogP contribution >= 0.6 is 0 Å². The van der Waals surface area contributed by atoms with Crippen molar-refractivity contribution in [1.82, 2.24) is 19.7 Å². The summed E-state index contributed by atoms with van der Waals surface area (Å²) >= 11 is 0. The van der Waals surface area contributed by atoms with Gasteiger partial charge in [-0.2, -0.15) is 5.10 Å². The molecule has 7 nitrogen and oxygen atoms in total. The van der Waals surface area contributed by atoms with Gasteiger partial charge in [-0.1, -0.05) is 0 Å². The van der Waals surface area contributed by atoms with Gasteiger partial charge in [0.05, 0.1) is 6.20 Å². The third kappa shape index (κ3) is 4.14. The van der Waals surface area contributed by atoms with Gasteiger partial charge >= 0.3 is 5.97 Å². The number of halogens is 1. The average Bonchev–Trinajstić information content (AvgIpc) is 3.13. The summed E-state index contributed by atoms with van der Waals surface area (Å²) in [6.07, 6.45) is 4.85. The number of carboxylic acid groups (broad SMARTS) is 1. The fraction of sp³-hybridized carbons (Fsp3) is 0.471. The van der Waals surface area contributed by atoms with Gasteiger partial charge in [0.1, 0.15) is 11.9 Å². The van der Waals surface area contributed by atoms with Gasteiger partial charge < -0.3 is 10.0 Å². The van der Waals surface area contributed by atoms with Gasteiger partial charge in [-0.3, -0.25) is 9.58 Å². The number of alkyl halides is 1. The van der Waals surface area contributed by atoms with Gasteiger partial charge in [-0.05, 0) is 18.6 Å². The number of carboxylic acids is 1. The zero-order valence-corrected chi connectivity index (χ0v) is 14.3. The van der Waals surface area contributed by atoms with Crippen molar-refractivity contribution in [3.63, 3.8) is 0 Å². The Hall–Kier alpha value is -2.48. The molecular formula is C17H22FN5O2. The Morgan fingerprint density at radius 2 is 2.32 bits per heavy atom. The summed E-state index contributed by atoms with van der Waals surface area (Å²) in [6.45, 7) is 1.68. The molecule has 2 aromatic heterocycles. The molecule has 0 aromatic carbocycles. The first-order valence-corrected chi connectivity index (χ1v) is 8.18. The van der Waals surface area contributed by atoms with Crippen LogP contribution < -0.4 is 4.90 Å². The molecule has 1 N–H and O–H groups in total. The van der Waals surface area contributed by atoms with Gasteiger partial charge in [-0.15, -0.1) is 0 Å². The van der Waals surface area contributed by atoms with Crippen molar-refractivity contribution in [3.05, 3.63) is 42.0 Å². The van der Waals surface area contributed by atoms with Crippen molar-refractivity contribution in [3.8, 4) is 0 Å². The largest absolute Gasteiger partial charge is 0.477 e. The molecule has 8 heteroatoms. The first-order valence-electron chi connectivity index (χ1n) is 8.18. The van der Waals surface area contributed by atoms with Crippen LogP contribution in [0.15, 0.2) is 30.7 Å². The summed E-state index contributed by atoms with van der Waals surface area (Å²) in [7, 11) is 3.74. The molecule has 0 spiro atoms. The normalized spacial score (nSPS) is 20.8. The van der Waals surface area contributed by atoms with Crippen LogP contribution in [0.2, 0.25) is 0 Å². The number of anilines is 1. The number of nitrogens with zero attached hydrogens (tertiary/aromatic N) is 5. The molecule has 1 fully saturated rings. The van der Waals surface area contributed by atoms with Crippen molar-refractivity contribution in [2.24, 2.45) is 7.05 Å². The molecule has 2 atom stereocenters. The van der Waals surface area contributed by atoms with Gasteiger partial charge in [0.25, 0.3) is 0 Å². The van der Waals surface area contributed by atoms with Crippen LogP contribution in [-0.2, 0) is 13.6 Å². The van der Waals surface area contributed by atoms with E-state index in [1.54, 1.807) is 16.9 Å². The first kappa shape index (κ1) is 17.3. The van der Waals surface area contributed by atoms with Crippen LogP contribution in [0.1, 0.15) is 22.5 Å². The van der Waals surface area contributed by atoms with Gasteiger partial charge in [-0.25, -0.2) is 14.2 Å². The zero-order chi connectivity index (χ0) is 18.0. The predicted molar refractivity (Wildman–Crippen MR) is 91.4 cm³/mol. The van der Waals surface area contributed by atoms with E-state index in [9.17, 15) is 9.18 Å². The Labute approximate surface area is 145 Å². The molecule has 25 heavy (non-hydrogen) atoms. The Morgan fingerprint density at radius 3 is 3.00 bits per heavy atom. The third-order valence-electron chi connectivity index (χ3n) is 4.51. The van der Waals surface area contributed by atoms with Crippen LogP contribution in [0.3, 0.4) is 0 Å². The average molecular weight is 347 g/mol. The van der Waals surface area contributed by atoms with Crippen molar-refractivity contribution < 1.29 is 14.3 Å². The van der Waals surface area contributed by atoms with Crippen molar-refractivity contribution in [2.45, 2.75) is 25.2 Å². The fourth-order valence-corrected chi connectivity index (χ4v) is 3.29. The number of aromatic nitrogens is 3. The first-order chi connectivity index (χ1) is 11.9. The van der Waals surface area contributed by atoms with Crippen LogP contribution in [0, 0.1) is 0 Å². The lowest BCUT2D eigenvalue weighted by molar-refractivity contribution is 0.0690. The van der Waals surface area contributed by atoms with E-state index in [0.29, 0.717) is 26.1 Å². The molecule has 3 rings (SSSR count). The number of rotatable bonds is 6. The monoisotopic (exact) mass is 347 g/mol. The van der Waals surface area contributed by atoms with Gasteiger partial charge in [0, 0.05) is 63.4 Å². The summed E-state index contributed by atoms with van der Waals surface area (Å²) in [4.78, 5) is 19.0. The zero-order valence-electron chi connectivity index (χ0n) is 14.3. The van der Waals surface area contributed by atoms with Crippen LogP contribution in [0.5, 0.6) is 0 Å². The van der Waals surface area contributed by atoms with Crippen molar-refractivity contribution in [1.29, 1.82) is 0 Å². The quantitative estimate of drug-likeness (QED) is 0.855. The molecule has 0 amide bonds. The lowest BCUT2D eigenvalue weighted by Gasteiger charge is -2.29. The number of likely N-dealkylation sites (tertiary alicyclic amines) is 1. The lowest BCUT2D eigenvalue weighted by atomic mass is 10.1. The highest BCUT2D eigenvalue weighted by atomic mass is 19.1. The van der Waals surface area contributed by atoms with Crippen LogP contribution in [0.4, 0.5) is 10.1 Å². The van der Waals surface area contributed by atoms with E-state index in [2.05, 4.69) is 15.0 Å². The topological polar surface area (TPSA) is 74.5 Å². The number of carbonyl (C=O) groups is 1. The minimum Gasteiger partial charge on any atom is -0.477 e. The molecule has 0 radical (unpaired) electrons. The smallest absolute Gasteiger partial charge is 0.354 e. The second-order valence-electron chi connectivity index (χ2n) is 6.52. The van der Waals surface area contributed by atoms with E-state index >= 15 is 0 Å². The Balaban J connectivity index is 1.69. The summed E-state index contributed by atoms with van der Waals surface area (Å²) in [5.74, 6) is -1.06. The number of pyridine rings is 1. The molecule has 1 aliphatic rings. The molecule has 0 bridgehead atoms. The van der Waals surface area contributed by atoms with E-state index in [1.807, 2.05) is 25.2 Å². The lowest BCUT2D eigenvalue weighted by Crippen LogP contribution is -2.38. The van der Waals surface area contributed by atoms with Crippen molar-refractivity contribution >= 4 is 11.7 Å². The van der Waals surface area contributed by atoms with E-state index < -0.39 is 12.1 Å². The minimum atomic E-state index is -1.06. The molecule has 1 aliphatic heterocycles. The number of aryl methyl sites for hydroxylation is 1. The summed E-state index contributed by atoms with van der Waals surface area (Å²) in [5, 5.41) is 13.2. The van der Waals surface area contributed by atoms with Crippen LogP contribution in [0.25, 0.3) is 0 Å². The Bertz CT molecular complexity index is 750. The predicted octanol–water partition coefficient (Wildman–Crippen LogP) is 1.56. The Morgan fingerprint density at radius 1 is 1.52 bits per heavy atom. The highest BCUT2D eigenvalue weighted by Gasteiger charge is 2.33. The number of hydrogen-bond acceptors (Lipinski definition) is 5. The van der Waals surface area contributed by atoms with E-state index in [-0.39, 0.29) is 11.7 Å². The highest BCUT2D eigenvalue weighted by molar-refractivity contribution is 5.86. The van der Waals surface area contributed by atoms with E-state index in [0.717, 1.165) is 11.3 Å². The number of aromatic carboxylic acids is 1. The summed E-state index contributed by atoms with van der Waals surface area (Å²) in [6, 6.07) is 3.36. The Kier molecular flexibility index (Phi) is 4.98. The molecule has 2 aromatic rings. The van der Waals surface area contributed by atoms with E-state index in [1.165, 1.54) is 12.3 Å². The maximum atomic E-state index is 14.0.